The summed E-state index contributed by atoms with van der Waals surface area (Å²) in [6.07, 6.45) is 1.86. The summed E-state index contributed by atoms with van der Waals surface area (Å²) in [5.74, 6) is 0.636. The third-order valence-electron chi connectivity index (χ3n) is 5.22. The Kier molecular flexibility index (Phi) is 6.41. The molecule has 0 bridgehead atoms. The van der Waals surface area contributed by atoms with Gasteiger partial charge in [0.15, 0.2) is 11.1 Å². The Morgan fingerprint density at radius 3 is 2.64 bits per heavy atom. The fraction of sp³-hybridized carbons (Fsp3) is 0.500. The Morgan fingerprint density at radius 1 is 1.11 bits per heavy atom. The highest BCUT2D eigenvalue weighted by molar-refractivity contribution is 7.13. The van der Waals surface area contributed by atoms with Gasteiger partial charge in [0.1, 0.15) is 0 Å². The number of anilines is 1. The van der Waals surface area contributed by atoms with Gasteiger partial charge in [-0.25, -0.2) is 9.98 Å². The minimum absolute atomic E-state index is 0.621. The van der Waals surface area contributed by atoms with E-state index in [9.17, 15) is 0 Å². The smallest absolute Gasteiger partial charge is 0.191 e. The first-order chi connectivity index (χ1) is 13.8. The summed E-state index contributed by atoms with van der Waals surface area (Å²) in [6, 6.07) is 8.67. The average molecular weight is 401 g/mol. The summed E-state index contributed by atoms with van der Waals surface area (Å²) >= 11 is 1.68. The number of morpholine rings is 1. The predicted octanol–water partition coefficient (Wildman–Crippen LogP) is 1.61. The molecule has 3 heterocycles. The molecule has 0 radical (unpaired) electrons. The molecular weight excluding hydrogens is 372 g/mol. The van der Waals surface area contributed by atoms with Crippen LogP contribution in [0.25, 0.3) is 0 Å². The standard InChI is InChI=1S/C20H28N6OS/c21-19(25-5-7-26(8-6-25)20-22-4-13-28-20)23-15-17-2-1-3-18(14-17)16-24-9-11-27-12-10-24/h1-4,13-14H,5-12,15-16H2,(H2,21,23). The predicted molar refractivity (Wildman–Crippen MR) is 114 cm³/mol. The SMILES string of the molecule is NC(=NCc1cccc(CN2CCOCC2)c1)N1CCN(c2nccs2)CC1. The van der Waals surface area contributed by atoms with Crippen LogP contribution < -0.4 is 10.6 Å². The molecule has 7 nitrogen and oxygen atoms in total. The van der Waals surface area contributed by atoms with Crippen LogP contribution in [-0.4, -0.2) is 73.2 Å². The lowest BCUT2D eigenvalue weighted by molar-refractivity contribution is 0.0342. The Bertz CT molecular complexity index is 767. The highest BCUT2D eigenvalue weighted by Gasteiger charge is 2.19. The molecule has 0 aliphatic carbocycles. The van der Waals surface area contributed by atoms with E-state index in [2.05, 4.69) is 48.9 Å². The number of guanidine groups is 1. The fourth-order valence-corrected chi connectivity index (χ4v) is 4.31. The van der Waals surface area contributed by atoms with Crippen LogP contribution in [0.1, 0.15) is 11.1 Å². The number of nitrogens with zero attached hydrogens (tertiary/aromatic N) is 5. The summed E-state index contributed by atoms with van der Waals surface area (Å²) in [5.41, 5.74) is 8.80. The van der Waals surface area contributed by atoms with Crippen LogP contribution in [0.2, 0.25) is 0 Å². The maximum atomic E-state index is 6.27. The molecule has 0 amide bonds. The number of piperazine rings is 1. The van der Waals surface area contributed by atoms with Gasteiger partial charge in [-0.15, -0.1) is 11.3 Å². The lowest BCUT2D eigenvalue weighted by Crippen LogP contribution is -2.51. The van der Waals surface area contributed by atoms with Crippen LogP contribution in [0, 0.1) is 0 Å². The summed E-state index contributed by atoms with van der Waals surface area (Å²) in [7, 11) is 0. The molecule has 0 atom stereocenters. The molecule has 0 saturated carbocycles. The van der Waals surface area contributed by atoms with Gasteiger partial charge in [-0.2, -0.15) is 0 Å². The van der Waals surface area contributed by atoms with Gasteiger partial charge in [0, 0.05) is 57.4 Å². The molecule has 2 aliphatic rings. The molecule has 2 fully saturated rings. The van der Waals surface area contributed by atoms with Crippen molar-refractivity contribution in [2.24, 2.45) is 10.7 Å². The Labute approximate surface area is 170 Å². The second-order valence-corrected chi connectivity index (χ2v) is 8.04. The molecule has 8 heteroatoms. The molecule has 4 rings (SSSR count). The summed E-state index contributed by atoms with van der Waals surface area (Å²) in [5, 5.41) is 3.11. The molecular formula is C20H28N6OS. The van der Waals surface area contributed by atoms with Crippen LogP contribution in [0.15, 0.2) is 40.8 Å². The van der Waals surface area contributed by atoms with E-state index >= 15 is 0 Å². The molecule has 1 aromatic carbocycles. The van der Waals surface area contributed by atoms with E-state index in [0.29, 0.717) is 12.5 Å². The zero-order chi connectivity index (χ0) is 19.2. The fourth-order valence-electron chi connectivity index (χ4n) is 3.62. The molecule has 1 aromatic heterocycles. The van der Waals surface area contributed by atoms with Crippen LogP contribution in [-0.2, 0) is 17.8 Å². The molecule has 2 aliphatic heterocycles. The van der Waals surface area contributed by atoms with E-state index in [0.717, 1.165) is 64.2 Å². The third-order valence-corrected chi connectivity index (χ3v) is 6.05. The Morgan fingerprint density at radius 2 is 1.89 bits per heavy atom. The first kappa shape index (κ1) is 19.2. The zero-order valence-electron chi connectivity index (χ0n) is 16.2. The van der Waals surface area contributed by atoms with Crippen LogP contribution >= 0.6 is 11.3 Å². The quantitative estimate of drug-likeness (QED) is 0.607. The molecule has 0 unspecified atom stereocenters. The summed E-state index contributed by atoms with van der Waals surface area (Å²) in [4.78, 5) is 15.9. The van der Waals surface area contributed by atoms with Crippen molar-refractivity contribution in [1.29, 1.82) is 0 Å². The van der Waals surface area contributed by atoms with Crippen LogP contribution in [0.5, 0.6) is 0 Å². The lowest BCUT2D eigenvalue weighted by atomic mass is 10.1. The number of rotatable bonds is 5. The van der Waals surface area contributed by atoms with Crippen molar-refractivity contribution in [1.82, 2.24) is 14.8 Å². The second kappa shape index (κ2) is 9.36. The van der Waals surface area contributed by atoms with Gasteiger partial charge < -0.3 is 20.3 Å². The van der Waals surface area contributed by atoms with Crippen LogP contribution in [0.3, 0.4) is 0 Å². The molecule has 0 spiro atoms. The highest BCUT2D eigenvalue weighted by atomic mass is 32.1. The first-order valence-electron chi connectivity index (χ1n) is 9.85. The number of aromatic nitrogens is 1. The van der Waals surface area contributed by atoms with Crippen molar-refractivity contribution < 1.29 is 4.74 Å². The van der Waals surface area contributed by atoms with Gasteiger partial charge in [-0.05, 0) is 11.1 Å². The van der Waals surface area contributed by atoms with Gasteiger partial charge in [-0.3, -0.25) is 4.90 Å². The van der Waals surface area contributed by atoms with Crippen molar-refractivity contribution >= 4 is 22.4 Å². The van der Waals surface area contributed by atoms with E-state index < -0.39 is 0 Å². The molecule has 2 saturated heterocycles. The number of nitrogens with two attached hydrogens (primary N) is 1. The lowest BCUT2D eigenvalue weighted by Gasteiger charge is -2.35. The van der Waals surface area contributed by atoms with Crippen molar-refractivity contribution in [3.8, 4) is 0 Å². The van der Waals surface area contributed by atoms with Crippen molar-refractivity contribution in [3.05, 3.63) is 47.0 Å². The van der Waals surface area contributed by atoms with Gasteiger partial charge >= 0.3 is 0 Å². The van der Waals surface area contributed by atoms with E-state index in [1.165, 1.54) is 11.1 Å². The average Bonchev–Trinajstić information content (AvgIpc) is 3.28. The number of aliphatic imine (C=N–C) groups is 1. The van der Waals surface area contributed by atoms with Gasteiger partial charge in [0.25, 0.3) is 0 Å². The number of hydrogen-bond donors (Lipinski definition) is 1. The maximum absolute atomic E-state index is 6.27. The second-order valence-electron chi connectivity index (χ2n) is 7.17. The van der Waals surface area contributed by atoms with Gasteiger partial charge in [-0.1, -0.05) is 24.3 Å². The first-order valence-corrected chi connectivity index (χ1v) is 10.7. The minimum Gasteiger partial charge on any atom is -0.379 e. The third kappa shape index (κ3) is 5.01. The minimum atomic E-state index is 0.621. The molecule has 2 aromatic rings. The Balaban J connectivity index is 1.29. The normalized spacial score (nSPS) is 19.2. The monoisotopic (exact) mass is 400 g/mol. The summed E-state index contributed by atoms with van der Waals surface area (Å²) < 4.78 is 5.43. The molecule has 2 N–H and O–H groups in total. The molecule has 28 heavy (non-hydrogen) atoms. The van der Waals surface area contributed by atoms with Crippen molar-refractivity contribution in [3.63, 3.8) is 0 Å². The summed E-state index contributed by atoms with van der Waals surface area (Å²) in [6.45, 7) is 8.87. The molecule has 150 valence electrons. The largest absolute Gasteiger partial charge is 0.379 e. The topological polar surface area (TPSA) is 70.2 Å². The van der Waals surface area contributed by atoms with E-state index in [1.807, 2.05) is 11.6 Å². The highest BCUT2D eigenvalue weighted by Crippen LogP contribution is 2.19. The van der Waals surface area contributed by atoms with Crippen LogP contribution in [0.4, 0.5) is 5.13 Å². The zero-order valence-corrected chi connectivity index (χ0v) is 17.0. The number of ether oxygens (including phenoxy) is 1. The maximum Gasteiger partial charge on any atom is 0.191 e. The number of benzene rings is 1. The van der Waals surface area contributed by atoms with E-state index in [1.54, 1.807) is 11.3 Å². The van der Waals surface area contributed by atoms with Gasteiger partial charge in [0.2, 0.25) is 0 Å². The van der Waals surface area contributed by atoms with Crippen molar-refractivity contribution in [2.75, 3.05) is 57.4 Å². The van der Waals surface area contributed by atoms with Crippen molar-refractivity contribution in [2.45, 2.75) is 13.1 Å². The number of hydrogen-bond acceptors (Lipinski definition) is 6. The van der Waals surface area contributed by atoms with E-state index in [4.69, 9.17) is 10.5 Å². The number of thiazole rings is 1. The Hall–Kier alpha value is -2.16. The van der Waals surface area contributed by atoms with E-state index in [-0.39, 0.29) is 0 Å². The van der Waals surface area contributed by atoms with Gasteiger partial charge in [0.05, 0.1) is 19.8 Å².